The number of carbonyl (C=O) groups is 1. The van der Waals surface area contributed by atoms with Gasteiger partial charge in [-0.05, 0) is 36.8 Å². The van der Waals surface area contributed by atoms with E-state index in [4.69, 9.17) is 10.8 Å². The lowest BCUT2D eigenvalue weighted by Crippen LogP contribution is -1.95. The van der Waals surface area contributed by atoms with Gasteiger partial charge in [-0.15, -0.1) is 11.8 Å². The molecule has 0 heterocycles. The van der Waals surface area contributed by atoms with E-state index in [2.05, 4.69) is 0 Å². The van der Waals surface area contributed by atoms with Gasteiger partial charge in [0.05, 0.1) is 0 Å². The molecule has 82 valence electrons. The quantitative estimate of drug-likeness (QED) is 0.459. The predicted octanol–water partition coefficient (Wildman–Crippen LogP) is 2.53. The molecule has 0 saturated carbocycles. The maximum atomic E-state index is 10.3. The summed E-state index contributed by atoms with van der Waals surface area (Å²) >= 11 is 1.66. The number of thioether (sulfide) groups is 1. The summed E-state index contributed by atoms with van der Waals surface area (Å²) in [6.07, 6.45) is 0.919. The fourth-order valence-electron chi connectivity index (χ4n) is 1.19. The van der Waals surface area contributed by atoms with Gasteiger partial charge in [0.2, 0.25) is 0 Å². The van der Waals surface area contributed by atoms with E-state index < -0.39 is 5.97 Å². The van der Waals surface area contributed by atoms with Crippen molar-refractivity contribution in [2.75, 3.05) is 11.5 Å². The van der Waals surface area contributed by atoms with Crippen molar-refractivity contribution in [3.05, 3.63) is 23.8 Å². The topological polar surface area (TPSA) is 63.3 Å². The minimum Gasteiger partial charge on any atom is -0.481 e. The maximum absolute atomic E-state index is 10.3. The Labute approximate surface area is 93.7 Å². The van der Waals surface area contributed by atoms with Crippen LogP contribution in [0.25, 0.3) is 0 Å². The summed E-state index contributed by atoms with van der Waals surface area (Å²) in [5.41, 5.74) is 7.64. The lowest BCUT2D eigenvalue weighted by molar-refractivity contribution is -0.137. The average molecular weight is 225 g/mol. The van der Waals surface area contributed by atoms with E-state index in [9.17, 15) is 4.79 Å². The lowest BCUT2D eigenvalue weighted by Gasteiger charge is -2.06. The second-order valence-corrected chi connectivity index (χ2v) is 4.45. The number of hydrogen-bond donors (Lipinski definition) is 2. The summed E-state index contributed by atoms with van der Waals surface area (Å²) in [6, 6.07) is 5.80. The van der Waals surface area contributed by atoms with E-state index in [1.54, 1.807) is 11.8 Å². The molecule has 0 fully saturated rings. The highest BCUT2D eigenvalue weighted by Gasteiger charge is 2.02. The Balaban J connectivity index is 2.44. The van der Waals surface area contributed by atoms with Gasteiger partial charge in [0, 0.05) is 17.0 Å². The van der Waals surface area contributed by atoms with Crippen LogP contribution in [0.4, 0.5) is 5.69 Å². The van der Waals surface area contributed by atoms with Crippen LogP contribution in [0, 0.1) is 6.92 Å². The molecule has 0 amide bonds. The number of carboxylic acid groups (broad SMARTS) is 1. The second-order valence-electron chi connectivity index (χ2n) is 3.32. The van der Waals surface area contributed by atoms with Crippen LogP contribution in [0.3, 0.4) is 0 Å². The van der Waals surface area contributed by atoms with E-state index >= 15 is 0 Å². The third kappa shape index (κ3) is 3.83. The number of hydrogen-bond acceptors (Lipinski definition) is 3. The van der Waals surface area contributed by atoms with Gasteiger partial charge in [-0.2, -0.15) is 0 Å². The van der Waals surface area contributed by atoms with Crippen LogP contribution in [-0.4, -0.2) is 16.8 Å². The smallest absolute Gasteiger partial charge is 0.303 e. The number of nitrogens with two attached hydrogens (primary N) is 1. The van der Waals surface area contributed by atoms with Crippen molar-refractivity contribution in [2.45, 2.75) is 24.7 Å². The second kappa shape index (κ2) is 5.66. The number of benzene rings is 1. The van der Waals surface area contributed by atoms with Crippen LogP contribution in [0.2, 0.25) is 0 Å². The van der Waals surface area contributed by atoms with Crippen molar-refractivity contribution in [1.82, 2.24) is 0 Å². The van der Waals surface area contributed by atoms with E-state index in [0.29, 0.717) is 6.42 Å². The Morgan fingerprint density at radius 3 is 2.93 bits per heavy atom. The molecule has 0 aliphatic carbocycles. The Kier molecular flexibility index (Phi) is 4.49. The highest BCUT2D eigenvalue weighted by molar-refractivity contribution is 7.99. The first-order valence-electron chi connectivity index (χ1n) is 4.81. The van der Waals surface area contributed by atoms with Gasteiger partial charge >= 0.3 is 5.97 Å². The predicted molar refractivity (Wildman–Crippen MR) is 63.2 cm³/mol. The molecule has 0 bridgehead atoms. The molecular formula is C11H15NO2S. The van der Waals surface area contributed by atoms with E-state index in [0.717, 1.165) is 21.9 Å². The zero-order valence-corrected chi connectivity index (χ0v) is 9.51. The molecule has 4 heteroatoms. The van der Waals surface area contributed by atoms with Crippen LogP contribution in [0.15, 0.2) is 23.1 Å². The van der Waals surface area contributed by atoms with Crippen LogP contribution in [-0.2, 0) is 4.79 Å². The van der Waals surface area contributed by atoms with Gasteiger partial charge in [-0.3, -0.25) is 4.79 Å². The van der Waals surface area contributed by atoms with E-state index in [1.165, 1.54) is 0 Å². The molecule has 3 nitrogen and oxygen atoms in total. The van der Waals surface area contributed by atoms with Gasteiger partial charge in [-0.1, -0.05) is 6.07 Å². The molecule has 0 atom stereocenters. The van der Waals surface area contributed by atoms with Crippen LogP contribution < -0.4 is 5.73 Å². The normalized spacial score (nSPS) is 10.2. The van der Waals surface area contributed by atoms with Crippen LogP contribution >= 0.6 is 11.8 Å². The molecule has 0 aliphatic heterocycles. The SMILES string of the molecule is Cc1c(N)cccc1SCCCC(=O)O. The van der Waals surface area contributed by atoms with E-state index in [-0.39, 0.29) is 6.42 Å². The number of nitrogen functional groups attached to an aromatic ring is 1. The van der Waals surface area contributed by atoms with Gasteiger partial charge in [0.25, 0.3) is 0 Å². The molecule has 15 heavy (non-hydrogen) atoms. The van der Waals surface area contributed by atoms with Gasteiger partial charge < -0.3 is 10.8 Å². The molecule has 1 aromatic rings. The largest absolute Gasteiger partial charge is 0.481 e. The van der Waals surface area contributed by atoms with Crippen molar-refractivity contribution in [3.63, 3.8) is 0 Å². The first kappa shape index (κ1) is 11.9. The first-order chi connectivity index (χ1) is 7.11. The monoisotopic (exact) mass is 225 g/mol. The average Bonchev–Trinajstić information content (AvgIpc) is 2.18. The molecule has 0 unspecified atom stereocenters. The highest BCUT2D eigenvalue weighted by atomic mass is 32.2. The third-order valence-electron chi connectivity index (χ3n) is 2.12. The Morgan fingerprint density at radius 2 is 2.27 bits per heavy atom. The molecule has 0 aliphatic rings. The minimum atomic E-state index is -0.736. The summed E-state index contributed by atoms with van der Waals surface area (Å²) in [7, 11) is 0. The fraction of sp³-hybridized carbons (Fsp3) is 0.364. The lowest BCUT2D eigenvalue weighted by atomic mass is 10.2. The molecule has 0 aromatic heterocycles. The summed E-state index contributed by atoms with van der Waals surface area (Å²) in [6.45, 7) is 1.98. The van der Waals surface area contributed by atoms with E-state index in [1.807, 2.05) is 25.1 Å². The molecule has 0 spiro atoms. The Bertz CT molecular complexity index is 352. The van der Waals surface area contributed by atoms with Crippen molar-refractivity contribution < 1.29 is 9.90 Å². The van der Waals surface area contributed by atoms with Crippen LogP contribution in [0.1, 0.15) is 18.4 Å². The number of anilines is 1. The van der Waals surface area contributed by atoms with Gasteiger partial charge in [0.15, 0.2) is 0 Å². The number of carboxylic acids is 1. The molecule has 1 aromatic carbocycles. The summed E-state index contributed by atoms with van der Waals surface area (Å²) in [4.78, 5) is 11.4. The van der Waals surface area contributed by atoms with Gasteiger partial charge in [-0.25, -0.2) is 0 Å². The number of aliphatic carboxylic acids is 1. The fourth-order valence-corrected chi connectivity index (χ4v) is 2.21. The molecule has 0 saturated heterocycles. The van der Waals surface area contributed by atoms with Crippen molar-refractivity contribution in [1.29, 1.82) is 0 Å². The maximum Gasteiger partial charge on any atom is 0.303 e. The standard InChI is InChI=1S/C11H15NO2S/c1-8-9(12)4-2-5-10(8)15-7-3-6-11(13)14/h2,4-5H,3,6-7,12H2,1H3,(H,13,14). The molecule has 3 N–H and O–H groups in total. The first-order valence-corrected chi connectivity index (χ1v) is 5.79. The summed E-state index contributed by atoms with van der Waals surface area (Å²) < 4.78 is 0. The van der Waals surface area contributed by atoms with Crippen molar-refractivity contribution in [2.24, 2.45) is 0 Å². The molecular weight excluding hydrogens is 210 g/mol. The Morgan fingerprint density at radius 1 is 1.53 bits per heavy atom. The molecule has 0 radical (unpaired) electrons. The minimum absolute atomic E-state index is 0.231. The van der Waals surface area contributed by atoms with Crippen LogP contribution in [0.5, 0.6) is 0 Å². The zero-order chi connectivity index (χ0) is 11.3. The van der Waals surface area contributed by atoms with Crippen molar-refractivity contribution in [3.8, 4) is 0 Å². The Hall–Kier alpha value is -1.16. The number of rotatable bonds is 5. The molecule has 1 rings (SSSR count). The zero-order valence-electron chi connectivity index (χ0n) is 8.69. The highest BCUT2D eigenvalue weighted by Crippen LogP contribution is 2.26. The van der Waals surface area contributed by atoms with Gasteiger partial charge in [0.1, 0.15) is 0 Å². The third-order valence-corrected chi connectivity index (χ3v) is 3.36. The summed E-state index contributed by atoms with van der Waals surface area (Å²) in [5.74, 6) is 0.0799. The van der Waals surface area contributed by atoms with Crippen molar-refractivity contribution >= 4 is 23.4 Å². The summed E-state index contributed by atoms with van der Waals surface area (Å²) in [5, 5.41) is 8.48.